The van der Waals surface area contributed by atoms with Crippen molar-refractivity contribution >= 4 is 5.82 Å². The Bertz CT molecular complexity index is 652. The molecule has 2 aromatic rings. The Balaban J connectivity index is 1.50. The zero-order valence-electron chi connectivity index (χ0n) is 13.3. The number of rotatable bonds is 4. The van der Waals surface area contributed by atoms with E-state index in [0.29, 0.717) is 6.04 Å². The molecule has 0 saturated carbocycles. The lowest BCUT2D eigenvalue weighted by atomic mass is 10.0. The van der Waals surface area contributed by atoms with Crippen LogP contribution in [0.2, 0.25) is 0 Å². The van der Waals surface area contributed by atoms with Gasteiger partial charge in [-0.2, -0.15) is 0 Å². The molecule has 0 amide bonds. The number of anilines is 1. The van der Waals surface area contributed by atoms with Crippen LogP contribution < -0.4 is 10.6 Å². The summed E-state index contributed by atoms with van der Waals surface area (Å²) < 4.78 is 0. The zero-order chi connectivity index (χ0) is 15.5. The van der Waals surface area contributed by atoms with Crippen LogP contribution in [0, 0.1) is 0 Å². The number of hydrogen-bond donors (Lipinski definition) is 2. The summed E-state index contributed by atoms with van der Waals surface area (Å²) >= 11 is 0. The molecule has 0 unspecified atom stereocenters. The van der Waals surface area contributed by atoms with Gasteiger partial charge in [0.25, 0.3) is 0 Å². The lowest BCUT2D eigenvalue weighted by Gasteiger charge is -2.29. The Kier molecular flexibility index (Phi) is 4.22. The van der Waals surface area contributed by atoms with E-state index in [4.69, 9.17) is 0 Å². The standard InChI is InChI=1S/C18H23N5/c1-2-4-14(5-3-1)11-23-9-7-17-16(12-23)18(21-13-20-17)22-15-6-8-19-10-15/h1-5,13,15,19H,6-12H2,(H,20,21,22)/t15-/m0/s1. The van der Waals surface area contributed by atoms with Gasteiger partial charge >= 0.3 is 0 Å². The maximum absolute atomic E-state index is 4.52. The van der Waals surface area contributed by atoms with E-state index in [1.54, 1.807) is 6.33 Å². The van der Waals surface area contributed by atoms with Crippen molar-refractivity contribution in [1.82, 2.24) is 20.2 Å². The van der Waals surface area contributed by atoms with E-state index in [2.05, 4.69) is 55.8 Å². The van der Waals surface area contributed by atoms with Gasteiger partial charge < -0.3 is 10.6 Å². The van der Waals surface area contributed by atoms with Crippen LogP contribution in [0.1, 0.15) is 23.2 Å². The van der Waals surface area contributed by atoms with Gasteiger partial charge in [-0.1, -0.05) is 30.3 Å². The molecule has 5 nitrogen and oxygen atoms in total. The Morgan fingerprint density at radius 2 is 2.13 bits per heavy atom. The number of nitrogens with one attached hydrogen (secondary N) is 2. The lowest BCUT2D eigenvalue weighted by Crippen LogP contribution is -2.32. The highest BCUT2D eigenvalue weighted by Gasteiger charge is 2.23. The van der Waals surface area contributed by atoms with E-state index in [1.807, 2.05) is 0 Å². The number of hydrogen-bond acceptors (Lipinski definition) is 5. The van der Waals surface area contributed by atoms with Gasteiger partial charge in [-0.05, 0) is 18.5 Å². The topological polar surface area (TPSA) is 53.1 Å². The Morgan fingerprint density at radius 3 is 2.96 bits per heavy atom. The molecular weight excluding hydrogens is 286 g/mol. The molecule has 23 heavy (non-hydrogen) atoms. The van der Waals surface area contributed by atoms with E-state index in [-0.39, 0.29) is 0 Å². The molecule has 2 aliphatic heterocycles. The molecule has 120 valence electrons. The second-order valence-electron chi connectivity index (χ2n) is 6.43. The highest BCUT2D eigenvalue weighted by atomic mass is 15.2. The lowest BCUT2D eigenvalue weighted by molar-refractivity contribution is 0.243. The molecular formula is C18H23N5. The second-order valence-corrected chi connectivity index (χ2v) is 6.43. The number of aromatic nitrogens is 2. The summed E-state index contributed by atoms with van der Waals surface area (Å²) in [6.07, 6.45) is 3.87. The normalized spacial score (nSPS) is 21.1. The molecule has 1 saturated heterocycles. The first-order chi connectivity index (χ1) is 11.4. The summed E-state index contributed by atoms with van der Waals surface area (Å²) in [6.45, 7) is 5.08. The third kappa shape index (κ3) is 3.35. The van der Waals surface area contributed by atoms with Crippen molar-refractivity contribution in [3.05, 3.63) is 53.5 Å². The maximum Gasteiger partial charge on any atom is 0.134 e. The minimum Gasteiger partial charge on any atom is -0.366 e. The van der Waals surface area contributed by atoms with Gasteiger partial charge in [-0.25, -0.2) is 9.97 Å². The van der Waals surface area contributed by atoms with Gasteiger partial charge in [0.2, 0.25) is 0 Å². The monoisotopic (exact) mass is 309 g/mol. The van der Waals surface area contributed by atoms with Gasteiger partial charge in [0, 0.05) is 44.2 Å². The first-order valence-electron chi connectivity index (χ1n) is 8.45. The highest BCUT2D eigenvalue weighted by Crippen LogP contribution is 2.25. The first-order valence-corrected chi connectivity index (χ1v) is 8.45. The van der Waals surface area contributed by atoms with Gasteiger partial charge in [0.1, 0.15) is 12.1 Å². The van der Waals surface area contributed by atoms with Crippen LogP contribution in [-0.2, 0) is 19.5 Å². The van der Waals surface area contributed by atoms with Crippen molar-refractivity contribution in [1.29, 1.82) is 0 Å². The SMILES string of the molecule is c1ccc(CN2CCc3ncnc(N[C@H]4CCNC4)c3C2)cc1. The smallest absolute Gasteiger partial charge is 0.134 e. The molecule has 1 aromatic heterocycles. The second kappa shape index (κ2) is 6.64. The summed E-state index contributed by atoms with van der Waals surface area (Å²) in [5.74, 6) is 1.03. The minimum atomic E-state index is 0.485. The van der Waals surface area contributed by atoms with Crippen molar-refractivity contribution in [2.75, 3.05) is 25.0 Å². The van der Waals surface area contributed by atoms with Crippen molar-refractivity contribution < 1.29 is 0 Å². The van der Waals surface area contributed by atoms with Crippen LogP contribution in [0.15, 0.2) is 36.7 Å². The molecule has 1 atom stereocenters. The van der Waals surface area contributed by atoms with E-state index in [9.17, 15) is 0 Å². The molecule has 0 spiro atoms. The van der Waals surface area contributed by atoms with Crippen molar-refractivity contribution in [3.63, 3.8) is 0 Å². The summed E-state index contributed by atoms with van der Waals surface area (Å²) in [7, 11) is 0. The number of fused-ring (bicyclic) bond motifs is 1. The third-order valence-electron chi connectivity index (χ3n) is 4.73. The van der Waals surface area contributed by atoms with Gasteiger partial charge in [-0.3, -0.25) is 4.90 Å². The fourth-order valence-electron chi connectivity index (χ4n) is 3.47. The summed E-state index contributed by atoms with van der Waals surface area (Å²) in [6, 6.07) is 11.2. The molecule has 4 rings (SSSR count). The van der Waals surface area contributed by atoms with Crippen LogP contribution in [0.4, 0.5) is 5.82 Å². The Hall–Kier alpha value is -1.98. The summed E-state index contributed by atoms with van der Waals surface area (Å²) in [5.41, 5.74) is 3.85. The average Bonchev–Trinajstić information content (AvgIpc) is 3.09. The quantitative estimate of drug-likeness (QED) is 0.902. The summed E-state index contributed by atoms with van der Waals surface area (Å²) in [5, 5.41) is 7.01. The van der Waals surface area contributed by atoms with E-state index in [0.717, 1.165) is 51.4 Å². The maximum atomic E-state index is 4.52. The van der Waals surface area contributed by atoms with E-state index in [1.165, 1.54) is 16.8 Å². The van der Waals surface area contributed by atoms with Crippen LogP contribution in [0.5, 0.6) is 0 Å². The fraction of sp³-hybridized carbons (Fsp3) is 0.444. The van der Waals surface area contributed by atoms with Gasteiger partial charge in [0.15, 0.2) is 0 Å². The zero-order valence-corrected chi connectivity index (χ0v) is 13.3. The largest absolute Gasteiger partial charge is 0.366 e. The predicted molar refractivity (Wildman–Crippen MR) is 91.2 cm³/mol. The first kappa shape index (κ1) is 14.6. The van der Waals surface area contributed by atoms with Crippen LogP contribution in [-0.4, -0.2) is 40.5 Å². The van der Waals surface area contributed by atoms with Gasteiger partial charge in [-0.15, -0.1) is 0 Å². The number of benzene rings is 1. The minimum absolute atomic E-state index is 0.485. The Morgan fingerprint density at radius 1 is 1.22 bits per heavy atom. The fourth-order valence-corrected chi connectivity index (χ4v) is 3.47. The van der Waals surface area contributed by atoms with Crippen LogP contribution >= 0.6 is 0 Å². The van der Waals surface area contributed by atoms with Crippen LogP contribution in [0.3, 0.4) is 0 Å². The molecule has 1 fully saturated rings. The van der Waals surface area contributed by atoms with Crippen LogP contribution in [0.25, 0.3) is 0 Å². The number of nitrogens with zero attached hydrogens (tertiary/aromatic N) is 3. The van der Waals surface area contributed by atoms with Crippen molar-refractivity contribution in [2.24, 2.45) is 0 Å². The van der Waals surface area contributed by atoms with E-state index >= 15 is 0 Å². The van der Waals surface area contributed by atoms with E-state index < -0.39 is 0 Å². The van der Waals surface area contributed by atoms with Crippen molar-refractivity contribution in [3.8, 4) is 0 Å². The average molecular weight is 309 g/mol. The highest BCUT2D eigenvalue weighted by molar-refractivity contribution is 5.48. The molecule has 1 aromatic carbocycles. The molecule has 2 N–H and O–H groups in total. The molecule has 3 heterocycles. The molecule has 0 aliphatic carbocycles. The van der Waals surface area contributed by atoms with Crippen molar-refractivity contribution in [2.45, 2.75) is 32.0 Å². The summed E-state index contributed by atoms with van der Waals surface area (Å²) in [4.78, 5) is 11.5. The molecule has 0 bridgehead atoms. The molecule has 0 radical (unpaired) electrons. The molecule has 2 aliphatic rings. The molecule has 5 heteroatoms. The third-order valence-corrected chi connectivity index (χ3v) is 4.73. The predicted octanol–water partition coefficient (Wildman–Crippen LogP) is 1.81. The Labute approximate surface area is 137 Å². The van der Waals surface area contributed by atoms with Gasteiger partial charge in [0.05, 0.1) is 5.69 Å².